The molecule has 0 saturated carbocycles. The highest BCUT2D eigenvalue weighted by molar-refractivity contribution is 5.94. The molecule has 2 aliphatic rings. The van der Waals surface area contributed by atoms with Gasteiger partial charge in [0.1, 0.15) is 5.82 Å². The van der Waals surface area contributed by atoms with Crippen molar-refractivity contribution in [2.75, 3.05) is 20.1 Å². The van der Waals surface area contributed by atoms with Crippen LogP contribution < -0.4 is 0 Å². The van der Waals surface area contributed by atoms with Crippen LogP contribution in [0, 0.1) is 5.82 Å². The SMILES string of the molecule is CN1CCCC2(C)C1CCCN2C(=O)c1ccc(Cc2ccc(F)cc2)nc1. The third-order valence-corrected chi connectivity index (χ3v) is 6.53. The standard InChI is InChI=1S/C23H28FN3O/c1-23-12-4-13-26(2)21(23)5-3-14-27(23)22(28)18-8-11-20(25-16-18)15-17-6-9-19(24)10-7-17/h6-11,16,21H,3-5,12-15H2,1-2H3. The van der Waals surface area contributed by atoms with Gasteiger partial charge >= 0.3 is 0 Å². The van der Waals surface area contributed by atoms with Crippen molar-refractivity contribution < 1.29 is 9.18 Å². The van der Waals surface area contributed by atoms with E-state index in [4.69, 9.17) is 0 Å². The molecule has 3 heterocycles. The first kappa shape index (κ1) is 19.1. The number of benzene rings is 1. The van der Waals surface area contributed by atoms with Crippen molar-refractivity contribution in [1.82, 2.24) is 14.8 Å². The molecule has 0 bridgehead atoms. The molecule has 2 fully saturated rings. The second-order valence-electron chi connectivity index (χ2n) is 8.40. The Balaban J connectivity index is 1.50. The fraction of sp³-hybridized carbons (Fsp3) is 0.478. The number of nitrogens with zero attached hydrogens (tertiary/aromatic N) is 3. The molecule has 4 nitrogen and oxygen atoms in total. The smallest absolute Gasteiger partial charge is 0.255 e. The number of amides is 1. The minimum atomic E-state index is -0.237. The summed E-state index contributed by atoms with van der Waals surface area (Å²) in [5, 5.41) is 0. The Morgan fingerprint density at radius 2 is 1.96 bits per heavy atom. The van der Waals surface area contributed by atoms with E-state index in [1.807, 2.05) is 12.1 Å². The normalized spacial score (nSPS) is 25.4. The van der Waals surface area contributed by atoms with Gasteiger partial charge in [-0.1, -0.05) is 12.1 Å². The fourth-order valence-electron chi connectivity index (χ4n) is 4.98. The molecular weight excluding hydrogens is 353 g/mol. The maximum absolute atomic E-state index is 13.3. The molecule has 0 radical (unpaired) electrons. The van der Waals surface area contributed by atoms with Gasteiger partial charge in [-0.15, -0.1) is 0 Å². The summed E-state index contributed by atoms with van der Waals surface area (Å²) in [6, 6.07) is 10.7. The average Bonchev–Trinajstić information content (AvgIpc) is 2.69. The highest BCUT2D eigenvalue weighted by Gasteiger charge is 2.48. The first-order chi connectivity index (χ1) is 13.5. The molecule has 0 aliphatic carbocycles. The number of carbonyl (C=O) groups excluding carboxylic acids is 1. The summed E-state index contributed by atoms with van der Waals surface area (Å²) in [5.74, 6) is -0.150. The van der Waals surface area contributed by atoms with Crippen molar-refractivity contribution in [3.05, 3.63) is 65.2 Å². The molecule has 4 rings (SSSR count). The predicted molar refractivity (Wildman–Crippen MR) is 108 cm³/mol. The minimum absolute atomic E-state index is 0.0864. The van der Waals surface area contributed by atoms with E-state index in [0.29, 0.717) is 18.0 Å². The molecule has 2 atom stereocenters. The van der Waals surface area contributed by atoms with Gasteiger partial charge in [0.05, 0.1) is 11.1 Å². The van der Waals surface area contributed by atoms with E-state index in [2.05, 4.69) is 28.8 Å². The molecule has 28 heavy (non-hydrogen) atoms. The van der Waals surface area contributed by atoms with Crippen molar-refractivity contribution in [2.45, 2.75) is 50.6 Å². The number of hydrogen-bond donors (Lipinski definition) is 0. The molecule has 1 aromatic heterocycles. The van der Waals surface area contributed by atoms with Crippen molar-refractivity contribution >= 4 is 5.91 Å². The first-order valence-corrected chi connectivity index (χ1v) is 10.2. The van der Waals surface area contributed by atoms with Crippen molar-refractivity contribution in [2.24, 2.45) is 0 Å². The maximum Gasteiger partial charge on any atom is 0.255 e. The summed E-state index contributed by atoms with van der Waals surface area (Å²) in [6.07, 6.45) is 6.72. The number of likely N-dealkylation sites (tertiary alicyclic amines) is 2. The van der Waals surface area contributed by atoms with E-state index in [0.717, 1.165) is 50.0 Å². The highest BCUT2D eigenvalue weighted by Crippen LogP contribution is 2.39. The molecule has 2 unspecified atom stereocenters. The molecule has 0 N–H and O–H groups in total. The Hall–Kier alpha value is -2.27. The molecule has 1 amide bonds. The molecule has 2 aliphatic heterocycles. The fourth-order valence-corrected chi connectivity index (χ4v) is 4.98. The number of carbonyl (C=O) groups is 1. The minimum Gasteiger partial charge on any atom is -0.332 e. The summed E-state index contributed by atoms with van der Waals surface area (Å²) >= 11 is 0. The van der Waals surface area contributed by atoms with Crippen LogP contribution in [0.25, 0.3) is 0 Å². The zero-order valence-corrected chi connectivity index (χ0v) is 16.7. The number of piperidine rings is 2. The topological polar surface area (TPSA) is 36.4 Å². The monoisotopic (exact) mass is 381 g/mol. The number of rotatable bonds is 3. The predicted octanol–water partition coefficient (Wildman–Crippen LogP) is 3.90. The number of hydrogen-bond acceptors (Lipinski definition) is 3. The zero-order chi connectivity index (χ0) is 19.7. The van der Waals surface area contributed by atoms with E-state index in [1.54, 1.807) is 18.3 Å². The average molecular weight is 381 g/mol. The second kappa shape index (κ2) is 7.63. The lowest BCUT2D eigenvalue weighted by atomic mass is 9.76. The zero-order valence-electron chi connectivity index (χ0n) is 16.7. The number of halogens is 1. The van der Waals surface area contributed by atoms with Gasteiger partial charge in [0, 0.05) is 30.9 Å². The second-order valence-corrected chi connectivity index (χ2v) is 8.40. The quantitative estimate of drug-likeness (QED) is 0.809. The lowest BCUT2D eigenvalue weighted by Crippen LogP contribution is -2.66. The van der Waals surface area contributed by atoms with Gasteiger partial charge in [0.2, 0.25) is 0 Å². The van der Waals surface area contributed by atoms with E-state index in [-0.39, 0.29) is 17.3 Å². The Morgan fingerprint density at radius 3 is 2.68 bits per heavy atom. The number of pyridine rings is 1. The van der Waals surface area contributed by atoms with Crippen LogP contribution in [0.4, 0.5) is 4.39 Å². The summed E-state index contributed by atoms with van der Waals surface area (Å²) in [4.78, 5) is 22.3. The Bertz CT molecular complexity index is 836. The van der Waals surface area contributed by atoms with Crippen molar-refractivity contribution in [3.63, 3.8) is 0 Å². The van der Waals surface area contributed by atoms with E-state index >= 15 is 0 Å². The third-order valence-electron chi connectivity index (χ3n) is 6.53. The van der Waals surface area contributed by atoms with Crippen LogP contribution in [0.3, 0.4) is 0 Å². The summed E-state index contributed by atoms with van der Waals surface area (Å²) in [5.41, 5.74) is 2.43. The number of aromatic nitrogens is 1. The maximum atomic E-state index is 13.3. The van der Waals surface area contributed by atoms with Crippen molar-refractivity contribution in [1.29, 1.82) is 0 Å². The molecule has 2 saturated heterocycles. The molecule has 5 heteroatoms. The van der Waals surface area contributed by atoms with Gasteiger partial charge in [-0.25, -0.2) is 4.39 Å². The van der Waals surface area contributed by atoms with Crippen LogP contribution in [0.2, 0.25) is 0 Å². The van der Waals surface area contributed by atoms with Gasteiger partial charge in [0.25, 0.3) is 5.91 Å². The Kier molecular flexibility index (Phi) is 5.19. The molecule has 148 valence electrons. The summed E-state index contributed by atoms with van der Waals surface area (Å²) < 4.78 is 13.1. The molecule has 1 aromatic carbocycles. The van der Waals surface area contributed by atoms with Crippen LogP contribution in [0.5, 0.6) is 0 Å². The van der Waals surface area contributed by atoms with E-state index in [1.165, 1.54) is 12.1 Å². The molecule has 0 spiro atoms. The number of fused-ring (bicyclic) bond motifs is 1. The van der Waals surface area contributed by atoms with Crippen LogP contribution in [0.15, 0.2) is 42.6 Å². The van der Waals surface area contributed by atoms with Crippen LogP contribution in [0.1, 0.15) is 54.2 Å². The van der Waals surface area contributed by atoms with E-state index in [9.17, 15) is 9.18 Å². The highest BCUT2D eigenvalue weighted by atomic mass is 19.1. The summed E-state index contributed by atoms with van der Waals surface area (Å²) in [7, 11) is 2.18. The lowest BCUT2D eigenvalue weighted by Gasteiger charge is -2.55. The Labute approximate surface area is 166 Å². The number of likely N-dealkylation sites (N-methyl/N-ethyl adjacent to an activating group) is 1. The lowest BCUT2D eigenvalue weighted by molar-refractivity contribution is -0.0346. The van der Waals surface area contributed by atoms with Gasteiger partial charge in [-0.3, -0.25) is 9.78 Å². The molecule has 2 aromatic rings. The van der Waals surface area contributed by atoms with Gasteiger partial charge in [0.15, 0.2) is 0 Å². The third kappa shape index (κ3) is 3.55. The Morgan fingerprint density at radius 1 is 1.18 bits per heavy atom. The first-order valence-electron chi connectivity index (χ1n) is 10.2. The van der Waals surface area contributed by atoms with Gasteiger partial charge in [-0.05, 0) is 76.0 Å². The largest absolute Gasteiger partial charge is 0.332 e. The van der Waals surface area contributed by atoms with Gasteiger partial charge in [-0.2, -0.15) is 0 Å². The van der Waals surface area contributed by atoms with E-state index < -0.39 is 0 Å². The summed E-state index contributed by atoms with van der Waals surface area (Å²) in [6.45, 7) is 4.18. The van der Waals surface area contributed by atoms with Crippen LogP contribution in [-0.2, 0) is 6.42 Å². The van der Waals surface area contributed by atoms with Crippen LogP contribution >= 0.6 is 0 Å². The van der Waals surface area contributed by atoms with Gasteiger partial charge < -0.3 is 9.80 Å². The van der Waals surface area contributed by atoms with Crippen LogP contribution in [-0.4, -0.2) is 52.4 Å². The molecular formula is C23H28FN3O. The van der Waals surface area contributed by atoms with Crippen molar-refractivity contribution in [3.8, 4) is 0 Å².